The van der Waals surface area contributed by atoms with Crippen LogP contribution < -0.4 is 9.47 Å². The van der Waals surface area contributed by atoms with Crippen LogP contribution in [0.4, 0.5) is 17.6 Å². The Morgan fingerprint density at radius 3 is 2.02 bits per heavy atom. The van der Waals surface area contributed by atoms with Gasteiger partial charge in [-0.15, -0.1) is 0 Å². The summed E-state index contributed by atoms with van der Waals surface area (Å²) in [7, 11) is 0. The van der Waals surface area contributed by atoms with Crippen molar-refractivity contribution in [1.29, 1.82) is 0 Å². The van der Waals surface area contributed by atoms with Crippen LogP contribution in [0.5, 0.6) is 11.5 Å². The topological polar surface area (TPSA) is 61.8 Å². The molecule has 0 amide bonds. The van der Waals surface area contributed by atoms with Gasteiger partial charge in [-0.3, -0.25) is 0 Å². The molecule has 0 aliphatic rings. The standard InChI is InChI=1S/C33H34F4O5/c1-3-5-6-7-8-9-10-30(33(35,36)37)42-32(39)28-20-19-27(22-29(28)34)41-31(38)25-13-11-23(12-14-25)24-15-17-26(18-16-24)40-21-4-2/h4,11-20,22,30H,2-3,5-10,21H2,1H3. The molecule has 9 heteroatoms. The van der Waals surface area contributed by atoms with E-state index in [-0.39, 0.29) is 17.7 Å². The van der Waals surface area contributed by atoms with Crippen LogP contribution in [0, 0.1) is 5.82 Å². The first-order chi connectivity index (χ1) is 20.1. The second-order valence-electron chi connectivity index (χ2n) is 9.72. The molecule has 0 bridgehead atoms. The number of esters is 2. The Bertz CT molecular complexity index is 1320. The SMILES string of the molecule is C=CCOc1ccc(-c2ccc(C(=O)Oc3ccc(C(=O)OC(CCCCCCCC)C(F)(F)F)c(F)c3)cc2)cc1. The van der Waals surface area contributed by atoms with E-state index in [4.69, 9.17) is 9.47 Å². The predicted molar refractivity (Wildman–Crippen MR) is 152 cm³/mol. The molecule has 42 heavy (non-hydrogen) atoms. The van der Waals surface area contributed by atoms with Crippen molar-refractivity contribution in [2.45, 2.75) is 64.1 Å². The quantitative estimate of drug-likeness (QED) is 0.0584. The third-order valence-corrected chi connectivity index (χ3v) is 6.48. The lowest BCUT2D eigenvalue weighted by Crippen LogP contribution is -2.34. The number of hydrogen-bond donors (Lipinski definition) is 0. The smallest absolute Gasteiger partial charge is 0.425 e. The van der Waals surface area contributed by atoms with Gasteiger partial charge in [0.2, 0.25) is 0 Å². The van der Waals surface area contributed by atoms with Gasteiger partial charge in [-0.25, -0.2) is 14.0 Å². The van der Waals surface area contributed by atoms with E-state index in [0.29, 0.717) is 18.8 Å². The molecule has 0 spiro atoms. The van der Waals surface area contributed by atoms with Gasteiger partial charge in [0, 0.05) is 6.07 Å². The van der Waals surface area contributed by atoms with Gasteiger partial charge in [-0.1, -0.05) is 75.9 Å². The number of benzene rings is 3. The first kappa shape index (κ1) is 32.4. The molecule has 1 unspecified atom stereocenters. The second kappa shape index (κ2) is 15.7. The van der Waals surface area contributed by atoms with Crippen molar-refractivity contribution in [2.75, 3.05) is 6.61 Å². The van der Waals surface area contributed by atoms with Crippen LogP contribution in [0.2, 0.25) is 0 Å². The highest BCUT2D eigenvalue weighted by molar-refractivity contribution is 5.92. The van der Waals surface area contributed by atoms with Gasteiger partial charge < -0.3 is 14.2 Å². The third-order valence-electron chi connectivity index (χ3n) is 6.48. The molecular formula is C33H34F4O5. The first-order valence-corrected chi connectivity index (χ1v) is 13.9. The Labute approximate surface area is 243 Å². The highest BCUT2D eigenvalue weighted by Crippen LogP contribution is 2.29. The number of alkyl halides is 3. The van der Waals surface area contributed by atoms with E-state index < -0.39 is 42.0 Å². The van der Waals surface area contributed by atoms with Gasteiger partial charge in [0.1, 0.15) is 23.9 Å². The summed E-state index contributed by atoms with van der Waals surface area (Å²) in [6.07, 6.45) is -1.28. The van der Waals surface area contributed by atoms with E-state index in [1.165, 1.54) is 0 Å². The molecule has 0 saturated carbocycles. The minimum Gasteiger partial charge on any atom is -0.490 e. The lowest BCUT2D eigenvalue weighted by molar-refractivity contribution is -0.206. The number of unbranched alkanes of at least 4 members (excludes halogenated alkanes) is 5. The Morgan fingerprint density at radius 1 is 0.833 bits per heavy atom. The molecule has 224 valence electrons. The van der Waals surface area contributed by atoms with E-state index in [9.17, 15) is 27.2 Å². The van der Waals surface area contributed by atoms with Crippen molar-refractivity contribution in [3.05, 3.63) is 96.3 Å². The maximum Gasteiger partial charge on any atom is 0.425 e. The molecule has 3 aromatic carbocycles. The van der Waals surface area contributed by atoms with E-state index in [1.54, 1.807) is 30.3 Å². The summed E-state index contributed by atoms with van der Waals surface area (Å²) in [4.78, 5) is 25.0. The number of hydrogen-bond acceptors (Lipinski definition) is 5. The number of halogens is 4. The van der Waals surface area contributed by atoms with Crippen LogP contribution in [-0.2, 0) is 4.74 Å². The average molecular weight is 587 g/mol. The van der Waals surface area contributed by atoms with Crippen LogP contribution in [0.25, 0.3) is 11.1 Å². The van der Waals surface area contributed by atoms with Gasteiger partial charge in [-0.05, 0) is 60.4 Å². The van der Waals surface area contributed by atoms with E-state index in [2.05, 4.69) is 11.3 Å². The number of rotatable bonds is 15. The molecule has 0 saturated heterocycles. The molecule has 3 aromatic rings. The molecule has 5 nitrogen and oxygen atoms in total. The summed E-state index contributed by atoms with van der Waals surface area (Å²) in [5, 5.41) is 0. The Balaban J connectivity index is 1.59. The van der Waals surface area contributed by atoms with E-state index >= 15 is 0 Å². The molecule has 0 heterocycles. The summed E-state index contributed by atoms with van der Waals surface area (Å²) in [5.74, 6) is -2.90. The second-order valence-corrected chi connectivity index (χ2v) is 9.72. The minimum absolute atomic E-state index is 0.191. The third kappa shape index (κ3) is 9.75. The zero-order valence-corrected chi connectivity index (χ0v) is 23.4. The van der Waals surface area contributed by atoms with Gasteiger partial charge in [0.25, 0.3) is 0 Å². The Morgan fingerprint density at radius 2 is 1.43 bits per heavy atom. The normalized spacial score (nSPS) is 11.9. The van der Waals surface area contributed by atoms with Crippen molar-refractivity contribution in [1.82, 2.24) is 0 Å². The van der Waals surface area contributed by atoms with Crippen LogP contribution in [0.3, 0.4) is 0 Å². The van der Waals surface area contributed by atoms with Gasteiger partial charge >= 0.3 is 18.1 Å². The molecule has 0 aliphatic heterocycles. The Hall–Kier alpha value is -4.14. The largest absolute Gasteiger partial charge is 0.490 e. The zero-order valence-electron chi connectivity index (χ0n) is 23.4. The maximum absolute atomic E-state index is 14.7. The van der Waals surface area contributed by atoms with Crippen molar-refractivity contribution in [3.63, 3.8) is 0 Å². The van der Waals surface area contributed by atoms with Crippen LogP contribution in [-0.4, -0.2) is 30.8 Å². The summed E-state index contributed by atoms with van der Waals surface area (Å²) in [6, 6.07) is 16.7. The zero-order chi connectivity index (χ0) is 30.5. The maximum atomic E-state index is 14.7. The average Bonchev–Trinajstić information content (AvgIpc) is 2.97. The summed E-state index contributed by atoms with van der Waals surface area (Å²) >= 11 is 0. The van der Waals surface area contributed by atoms with Crippen molar-refractivity contribution in [2.24, 2.45) is 0 Å². The molecular weight excluding hydrogens is 552 g/mol. The molecule has 0 aromatic heterocycles. The van der Waals surface area contributed by atoms with Gasteiger partial charge in [0.05, 0.1) is 11.1 Å². The van der Waals surface area contributed by atoms with Crippen LogP contribution >= 0.6 is 0 Å². The predicted octanol–water partition coefficient (Wildman–Crippen LogP) is 9.11. The minimum atomic E-state index is -4.77. The molecule has 3 rings (SSSR count). The van der Waals surface area contributed by atoms with Gasteiger partial charge in [0.15, 0.2) is 6.10 Å². The van der Waals surface area contributed by atoms with Gasteiger partial charge in [-0.2, -0.15) is 13.2 Å². The fraction of sp³-hybridized carbons (Fsp3) is 0.333. The van der Waals surface area contributed by atoms with Crippen molar-refractivity contribution >= 4 is 11.9 Å². The van der Waals surface area contributed by atoms with Crippen molar-refractivity contribution < 1.29 is 41.4 Å². The van der Waals surface area contributed by atoms with E-state index in [0.717, 1.165) is 55.0 Å². The fourth-order valence-electron chi connectivity index (χ4n) is 4.18. The van der Waals surface area contributed by atoms with Crippen molar-refractivity contribution in [3.8, 4) is 22.6 Å². The number of carbonyl (C=O) groups is 2. The molecule has 0 aliphatic carbocycles. The monoisotopic (exact) mass is 586 g/mol. The molecule has 1 atom stereocenters. The molecule has 0 radical (unpaired) electrons. The van der Waals surface area contributed by atoms with E-state index in [1.807, 2.05) is 31.2 Å². The fourth-order valence-corrected chi connectivity index (χ4v) is 4.18. The number of carbonyl (C=O) groups excluding carboxylic acids is 2. The van der Waals surface area contributed by atoms with Crippen LogP contribution in [0.1, 0.15) is 72.6 Å². The Kier molecular flexibility index (Phi) is 12.1. The lowest BCUT2D eigenvalue weighted by atomic mass is 10.0. The lowest BCUT2D eigenvalue weighted by Gasteiger charge is -2.21. The van der Waals surface area contributed by atoms with Crippen LogP contribution in [0.15, 0.2) is 79.4 Å². The molecule has 0 fully saturated rings. The summed E-state index contributed by atoms with van der Waals surface area (Å²) in [6.45, 7) is 6.04. The number of ether oxygens (including phenoxy) is 3. The highest BCUT2D eigenvalue weighted by atomic mass is 19.4. The highest BCUT2D eigenvalue weighted by Gasteiger charge is 2.42. The summed E-state index contributed by atoms with van der Waals surface area (Å²) < 4.78 is 70.3. The summed E-state index contributed by atoms with van der Waals surface area (Å²) in [5.41, 5.74) is 1.24. The first-order valence-electron chi connectivity index (χ1n) is 13.9. The molecule has 0 N–H and O–H groups in total.